The van der Waals surface area contributed by atoms with Crippen LogP contribution in [0.25, 0.3) is 0 Å². The number of benzene rings is 1. The molecule has 2 aliphatic heterocycles. The van der Waals surface area contributed by atoms with Gasteiger partial charge in [0, 0.05) is 6.08 Å². The summed E-state index contributed by atoms with van der Waals surface area (Å²) in [5.41, 5.74) is 1.11. The molecule has 0 aromatic heterocycles. The van der Waals surface area contributed by atoms with Crippen LogP contribution in [0.4, 0.5) is 0 Å². The predicted molar refractivity (Wildman–Crippen MR) is 95.1 cm³/mol. The van der Waals surface area contributed by atoms with Crippen LogP contribution in [-0.4, -0.2) is 32.6 Å². The first kappa shape index (κ1) is 17.4. The molecule has 0 spiro atoms. The number of epoxide rings is 1. The van der Waals surface area contributed by atoms with E-state index >= 15 is 0 Å². The van der Waals surface area contributed by atoms with Crippen LogP contribution in [0, 0.1) is 0 Å². The van der Waals surface area contributed by atoms with Crippen molar-refractivity contribution in [2.24, 2.45) is 0 Å². The molecule has 5 heteroatoms. The summed E-state index contributed by atoms with van der Waals surface area (Å²) in [6, 6.07) is 10.0. The van der Waals surface area contributed by atoms with Gasteiger partial charge < -0.3 is 13.9 Å². The van der Waals surface area contributed by atoms with Crippen molar-refractivity contribution in [3.63, 3.8) is 0 Å². The Morgan fingerprint density at radius 3 is 2.38 bits per heavy atom. The first-order valence-corrected chi connectivity index (χ1v) is 11.4. The van der Waals surface area contributed by atoms with Crippen LogP contribution < -0.4 is 0 Å². The molecule has 24 heavy (non-hydrogen) atoms. The fourth-order valence-electron chi connectivity index (χ4n) is 2.69. The van der Waals surface area contributed by atoms with E-state index in [1.807, 2.05) is 36.4 Å². The molecule has 4 nitrogen and oxygen atoms in total. The van der Waals surface area contributed by atoms with Gasteiger partial charge >= 0.3 is 5.97 Å². The van der Waals surface area contributed by atoms with E-state index in [0.717, 1.165) is 5.56 Å². The SMILES string of the molecule is CC(C)(C)[Si](C)(C)O[C@H]1C=CC(=O)O[C@H]1[C@H]1O[C@@H]1c1ccccc1. The summed E-state index contributed by atoms with van der Waals surface area (Å²) in [6.45, 7) is 11.0. The maximum absolute atomic E-state index is 11.7. The molecule has 2 aliphatic rings. The Balaban J connectivity index is 1.76. The van der Waals surface area contributed by atoms with Gasteiger partial charge in [0.15, 0.2) is 14.4 Å². The second-order valence-electron chi connectivity index (χ2n) is 8.04. The van der Waals surface area contributed by atoms with Crippen molar-refractivity contribution in [2.75, 3.05) is 0 Å². The highest BCUT2D eigenvalue weighted by atomic mass is 28.4. The molecule has 0 bridgehead atoms. The monoisotopic (exact) mass is 346 g/mol. The van der Waals surface area contributed by atoms with Crippen LogP contribution in [-0.2, 0) is 18.7 Å². The summed E-state index contributed by atoms with van der Waals surface area (Å²) in [5, 5.41) is 0.0933. The summed E-state index contributed by atoms with van der Waals surface area (Å²) in [5.74, 6) is -0.322. The molecule has 3 rings (SSSR count). The normalized spacial score (nSPS) is 30.1. The maximum atomic E-state index is 11.7. The van der Waals surface area contributed by atoms with E-state index < -0.39 is 8.32 Å². The zero-order valence-electron chi connectivity index (χ0n) is 15.0. The molecule has 1 fully saturated rings. The van der Waals surface area contributed by atoms with E-state index in [1.54, 1.807) is 0 Å². The Morgan fingerprint density at radius 1 is 1.08 bits per heavy atom. The smallest absolute Gasteiger partial charge is 0.330 e. The van der Waals surface area contributed by atoms with Crippen molar-refractivity contribution in [1.29, 1.82) is 0 Å². The first-order chi connectivity index (χ1) is 11.2. The van der Waals surface area contributed by atoms with E-state index in [2.05, 4.69) is 33.9 Å². The first-order valence-electron chi connectivity index (χ1n) is 8.46. The molecule has 0 saturated carbocycles. The summed E-state index contributed by atoms with van der Waals surface area (Å²) in [7, 11) is -1.97. The van der Waals surface area contributed by atoms with Gasteiger partial charge in [0.05, 0.1) is 0 Å². The molecule has 1 aromatic carbocycles. The van der Waals surface area contributed by atoms with Crippen molar-refractivity contribution in [3.05, 3.63) is 48.0 Å². The van der Waals surface area contributed by atoms with Crippen molar-refractivity contribution < 1.29 is 18.7 Å². The summed E-state index contributed by atoms with van der Waals surface area (Å²) in [6.07, 6.45) is 2.50. The zero-order chi connectivity index (χ0) is 17.5. The van der Waals surface area contributed by atoms with Gasteiger partial charge in [-0.1, -0.05) is 51.1 Å². The van der Waals surface area contributed by atoms with Crippen LogP contribution >= 0.6 is 0 Å². The van der Waals surface area contributed by atoms with E-state index in [4.69, 9.17) is 13.9 Å². The number of rotatable bonds is 4. The second-order valence-corrected chi connectivity index (χ2v) is 12.8. The van der Waals surface area contributed by atoms with E-state index in [9.17, 15) is 4.79 Å². The number of hydrogen-bond donors (Lipinski definition) is 0. The van der Waals surface area contributed by atoms with Gasteiger partial charge in [-0.25, -0.2) is 4.79 Å². The Hall–Kier alpha value is -1.43. The number of esters is 1. The molecular formula is C19H26O4Si. The van der Waals surface area contributed by atoms with Gasteiger partial charge in [-0.2, -0.15) is 0 Å². The lowest BCUT2D eigenvalue weighted by molar-refractivity contribution is -0.150. The Kier molecular flexibility index (Phi) is 4.44. The number of hydrogen-bond acceptors (Lipinski definition) is 4. The highest BCUT2D eigenvalue weighted by Gasteiger charge is 2.53. The summed E-state index contributed by atoms with van der Waals surface area (Å²) < 4.78 is 17.9. The minimum Gasteiger partial charge on any atom is -0.453 e. The van der Waals surface area contributed by atoms with Crippen LogP contribution in [0.15, 0.2) is 42.5 Å². The number of ether oxygens (including phenoxy) is 2. The van der Waals surface area contributed by atoms with Gasteiger partial charge in [-0.05, 0) is 29.8 Å². The topological polar surface area (TPSA) is 48.1 Å². The summed E-state index contributed by atoms with van der Waals surface area (Å²) in [4.78, 5) is 11.7. The summed E-state index contributed by atoms with van der Waals surface area (Å²) >= 11 is 0. The minimum atomic E-state index is -1.97. The molecule has 0 N–H and O–H groups in total. The molecule has 2 heterocycles. The largest absolute Gasteiger partial charge is 0.453 e. The van der Waals surface area contributed by atoms with Gasteiger partial charge in [0.2, 0.25) is 0 Å². The van der Waals surface area contributed by atoms with Crippen molar-refractivity contribution in [1.82, 2.24) is 0 Å². The molecular weight excluding hydrogens is 320 g/mol. The highest BCUT2D eigenvalue weighted by Crippen LogP contribution is 2.45. The van der Waals surface area contributed by atoms with E-state index in [0.29, 0.717) is 0 Å². The van der Waals surface area contributed by atoms with Crippen molar-refractivity contribution in [2.45, 2.75) is 63.3 Å². The Bertz CT molecular complexity index is 633. The molecule has 4 atom stereocenters. The van der Waals surface area contributed by atoms with E-state index in [-0.39, 0.29) is 35.4 Å². The molecule has 0 radical (unpaired) electrons. The number of carbonyl (C=O) groups is 1. The average molecular weight is 346 g/mol. The molecule has 0 unspecified atom stereocenters. The van der Waals surface area contributed by atoms with Gasteiger partial charge in [-0.3, -0.25) is 0 Å². The predicted octanol–water partition coefficient (Wildman–Crippen LogP) is 4.00. The molecule has 0 aliphatic carbocycles. The average Bonchev–Trinajstić information content (AvgIpc) is 3.29. The Labute approximate surface area is 144 Å². The van der Waals surface area contributed by atoms with Crippen molar-refractivity contribution in [3.8, 4) is 0 Å². The molecule has 130 valence electrons. The van der Waals surface area contributed by atoms with Crippen LogP contribution in [0.2, 0.25) is 18.1 Å². The third kappa shape index (κ3) is 3.48. The zero-order valence-corrected chi connectivity index (χ0v) is 16.0. The van der Waals surface area contributed by atoms with Crippen LogP contribution in [0.5, 0.6) is 0 Å². The van der Waals surface area contributed by atoms with Gasteiger partial charge in [-0.15, -0.1) is 0 Å². The van der Waals surface area contributed by atoms with Gasteiger partial charge in [0.25, 0.3) is 0 Å². The van der Waals surface area contributed by atoms with Crippen molar-refractivity contribution >= 4 is 14.3 Å². The lowest BCUT2D eigenvalue weighted by atomic mass is 10.0. The molecule has 1 saturated heterocycles. The lowest BCUT2D eigenvalue weighted by Crippen LogP contribution is -2.49. The third-order valence-electron chi connectivity index (χ3n) is 5.21. The fraction of sp³-hybridized carbons (Fsp3) is 0.526. The highest BCUT2D eigenvalue weighted by molar-refractivity contribution is 6.74. The molecule has 0 amide bonds. The third-order valence-corrected chi connectivity index (χ3v) is 9.69. The fourth-order valence-corrected chi connectivity index (χ4v) is 3.93. The van der Waals surface area contributed by atoms with E-state index in [1.165, 1.54) is 6.08 Å². The van der Waals surface area contributed by atoms with Crippen LogP contribution in [0.3, 0.4) is 0 Å². The maximum Gasteiger partial charge on any atom is 0.330 e. The Morgan fingerprint density at radius 2 is 1.75 bits per heavy atom. The lowest BCUT2D eigenvalue weighted by Gasteiger charge is -2.40. The standard InChI is InChI=1S/C19H26O4Si/c1-19(2,3)24(4,5)23-14-11-12-15(20)21-17(14)18-16(22-18)13-9-7-6-8-10-13/h6-12,14,16-18H,1-5H3/t14-,16+,17+,18-/m0/s1. The number of carbonyl (C=O) groups excluding carboxylic acids is 1. The van der Waals surface area contributed by atoms with Crippen LogP contribution in [0.1, 0.15) is 32.4 Å². The quantitative estimate of drug-likeness (QED) is 0.470. The number of cyclic esters (lactones) is 1. The van der Waals surface area contributed by atoms with Gasteiger partial charge in [0.1, 0.15) is 18.3 Å². The second kappa shape index (κ2) is 6.13. The minimum absolute atomic E-state index is 0.0268. The molecule has 1 aromatic rings.